The van der Waals surface area contributed by atoms with Crippen LogP contribution >= 0.6 is 0 Å². The molecule has 5 heteroatoms. The van der Waals surface area contributed by atoms with Gasteiger partial charge in [-0.05, 0) is 19.3 Å². The molecule has 78 valence electrons. The molecule has 0 fully saturated rings. The zero-order chi connectivity index (χ0) is 10.1. The molecule has 0 aliphatic carbocycles. The van der Waals surface area contributed by atoms with E-state index in [9.17, 15) is 10.1 Å². The number of rotatable bonds is 8. The van der Waals surface area contributed by atoms with E-state index in [4.69, 9.17) is 5.11 Å². The lowest BCUT2D eigenvalue weighted by Crippen LogP contribution is -2.32. The van der Waals surface area contributed by atoms with Gasteiger partial charge in [0.25, 0.3) is 0 Å². The molecule has 0 aliphatic heterocycles. The molecule has 0 spiro atoms. The molecule has 0 unspecified atom stereocenters. The number of aliphatic hydroxyl groups is 1. The van der Waals surface area contributed by atoms with Crippen molar-refractivity contribution >= 4 is 0 Å². The second-order valence-electron chi connectivity index (χ2n) is 2.98. The zero-order valence-electron chi connectivity index (χ0n) is 8.11. The third-order valence-electron chi connectivity index (χ3n) is 1.83. The van der Waals surface area contributed by atoms with Crippen LogP contribution in [-0.4, -0.2) is 34.8 Å². The Kier molecular flexibility index (Phi) is 7.29. The van der Waals surface area contributed by atoms with Crippen molar-refractivity contribution < 1.29 is 10.1 Å². The Labute approximate surface area is 78.5 Å². The largest absolute Gasteiger partial charge is 0.396 e. The van der Waals surface area contributed by atoms with Gasteiger partial charge in [0.15, 0.2) is 5.03 Å². The second kappa shape index (κ2) is 7.79. The predicted octanol–water partition coefficient (Wildman–Crippen LogP) is 1.05. The van der Waals surface area contributed by atoms with Crippen LogP contribution in [0.25, 0.3) is 0 Å². The molecule has 0 atom stereocenters. The van der Waals surface area contributed by atoms with Gasteiger partial charge in [-0.15, -0.1) is 5.01 Å². The summed E-state index contributed by atoms with van der Waals surface area (Å²) in [5.74, 6) is 0. The number of hydrogen-bond donors (Lipinski definition) is 1. The van der Waals surface area contributed by atoms with Crippen LogP contribution in [0.2, 0.25) is 0 Å². The SMILES string of the molecule is CCCCN(CCCCO)[N+](=O)[O-]. The standard InChI is InChI=1S/C8H18N2O3/c1-2-3-6-9(10(12)13)7-4-5-8-11/h11H,2-8H2,1H3. The van der Waals surface area contributed by atoms with Gasteiger partial charge in [-0.25, -0.2) is 10.1 Å². The topological polar surface area (TPSA) is 66.6 Å². The van der Waals surface area contributed by atoms with E-state index in [1.54, 1.807) is 0 Å². The molecular formula is C8H18N2O3. The number of aliphatic hydroxyl groups excluding tert-OH is 1. The van der Waals surface area contributed by atoms with Crippen molar-refractivity contribution in [1.29, 1.82) is 0 Å². The smallest absolute Gasteiger partial charge is 0.160 e. The summed E-state index contributed by atoms with van der Waals surface area (Å²) in [5.41, 5.74) is 0. The van der Waals surface area contributed by atoms with Crippen molar-refractivity contribution in [3.63, 3.8) is 0 Å². The van der Waals surface area contributed by atoms with Crippen molar-refractivity contribution in [3.8, 4) is 0 Å². The molecule has 0 radical (unpaired) electrons. The van der Waals surface area contributed by atoms with Gasteiger partial charge in [0.05, 0.1) is 13.1 Å². The molecule has 5 nitrogen and oxygen atoms in total. The Balaban J connectivity index is 3.61. The normalized spacial score (nSPS) is 10.0. The fourth-order valence-corrected chi connectivity index (χ4v) is 1.02. The Morgan fingerprint density at radius 1 is 1.31 bits per heavy atom. The Hall–Kier alpha value is -0.840. The molecule has 0 aromatic heterocycles. The first-order chi connectivity index (χ1) is 6.22. The van der Waals surface area contributed by atoms with E-state index < -0.39 is 0 Å². The molecule has 0 saturated carbocycles. The maximum absolute atomic E-state index is 10.5. The monoisotopic (exact) mass is 190 g/mol. The first-order valence-corrected chi connectivity index (χ1v) is 4.72. The third-order valence-corrected chi connectivity index (χ3v) is 1.83. The molecule has 0 amide bonds. The number of nitrogens with zero attached hydrogens (tertiary/aromatic N) is 2. The van der Waals surface area contributed by atoms with E-state index in [1.807, 2.05) is 6.92 Å². The van der Waals surface area contributed by atoms with Gasteiger partial charge in [-0.1, -0.05) is 13.3 Å². The van der Waals surface area contributed by atoms with Gasteiger partial charge in [0, 0.05) is 6.61 Å². The van der Waals surface area contributed by atoms with Crippen LogP contribution in [0.4, 0.5) is 0 Å². The number of nitro groups is 1. The summed E-state index contributed by atoms with van der Waals surface area (Å²) in [6.45, 7) is 3.06. The molecule has 13 heavy (non-hydrogen) atoms. The quantitative estimate of drug-likeness (QED) is 0.353. The van der Waals surface area contributed by atoms with Crippen LogP contribution in [0, 0.1) is 10.1 Å². The van der Waals surface area contributed by atoms with Crippen molar-refractivity contribution in [3.05, 3.63) is 10.1 Å². The van der Waals surface area contributed by atoms with Crippen molar-refractivity contribution in [2.24, 2.45) is 0 Å². The van der Waals surface area contributed by atoms with E-state index in [0.717, 1.165) is 12.8 Å². The average molecular weight is 190 g/mol. The highest BCUT2D eigenvalue weighted by Crippen LogP contribution is 1.98. The minimum absolute atomic E-state index is 0.110. The van der Waals surface area contributed by atoms with Crippen LogP contribution < -0.4 is 0 Å². The molecule has 0 aliphatic rings. The highest BCUT2D eigenvalue weighted by Gasteiger charge is 2.11. The highest BCUT2D eigenvalue weighted by atomic mass is 16.7. The van der Waals surface area contributed by atoms with Crippen LogP contribution in [-0.2, 0) is 0 Å². The van der Waals surface area contributed by atoms with Crippen molar-refractivity contribution in [1.82, 2.24) is 5.01 Å². The van der Waals surface area contributed by atoms with E-state index in [2.05, 4.69) is 0 Å². The predicted molar refractivity (Wildman–Crippen MR) is 49.8 cm³/mol. The summed E-state index contributed by atoms with van der Waals surface area (Å²) in [5, 5.41) is 19.8. The average Bonchev–Trinajstić information content (AvgIpc) is 2.10. The van der Waals surface area contributed by atoms with E-state index in [0.29, 0.717) is 25.9 Å². The molecule has 0 aromatic carbocycles. The van der Waals surface area contributed by atoms with Crippen LogP contribution in [0.3, 0.4) is 0 Å². The first kappa shape index (κ1) is 12.2. The fourth-order valence-electron chi connectivity index (χ4n) is 1.02. The summed E-state index contributed by atoms with van der Waals surface area (Å²) in [6.07, 6.45) is 3.13. The summed E-state index contributed by atoms with van der Waals surface area (Å²) in [6, 6.07) is 0. The molecule has 1 N–H and O–H groups in total. The van der Waals surface area contributed by atoms with Gasteiger partial charge in [-0.2, -0.15) is 0 Å². The summed E-state index contributed by atoms with van der Waals surface area (Å²) in [7, 11) is 0. The van der Waals surface area contributed by atoms with Gasteiger partial charge in [0.2, 0.25) is 0 Å². The van der Waals surface area contributed by atoms with Crippen LogP contribution in [0.1, 0.15) is 32.6 Å². The summed E-state index contributed by atoms with van der Waals surface area (Å²) in [4.78, 5) is 10.5. The van der Waals surface area contributed by atoms with Crippen molar-refractivity contribution in [2.75, 3.05) is 19.7 Å². The van der Waals surface area contributed by atoms with Gasteiger partial charge in [0.1, 0.15) is 0 Å². The number of hydrogen-bond acceptors (Lipinski definition) is 3. The van der Waals surface area contributed by atoms with E-state index in [1.165, 1.54) is 5.01 Å². The molecule has 0 aromatic rings. The van der Waals surface area contributed by atoms with E-state index in [-0.39, 0.29) is 11.6 Å². The molecule has 0 saturated heterocycles. The number of unbranched alkanes of at least 4 members (excludes halogenated alkanes) is 2. The maximum atomic E-state index is 10.5. The third kappa shape index (κ3) is 6.33. The van der Waals surface area contributed by atoms with Crippen molar-refractivity contribution in [2.45, 2.75) is 32.6 Å². The van der Waals surface area contributed by atoms with Gasteiger partial charge >= 0.3 is 0 Å². The van der Waals surface area contributed by atoms with Crippen LogP contribution in [0.5, 0.6) is 0 Å². The lowest BCUT2D eigenvalue weighted by molar-refractivity contribution is -0.655. The fraction of sp³-hybridized carbons (Fsp3) is 1.00. The lowest BCUT2D eigenvalue weighted by atomic mass is 10.3. The Morgan fingerprint density at radius 2 is 1.92 bits per heavy atom. The van der Waals surface area contributed by atoms with Gasteiger partial charge < -0.3 is 5.11 Å². The molecular weight excluding hydrogens is 172 g/mol. The van der Waals surface area contributed by atoms with Crippen LogP contribution in [0.15, 0.2) is 0 Å². The first-order valence-electron chi connectivity index (χ1n) is 4.72. The molecule has 0 rings (SSSR count). The molecule has 0 bridgehead atoms. The zero-order valence-corrected chi connectivity index (χ0v) is 8.11. The molecule has 0 heterocycles. The maximum Gasteiger partial charge on any atom is 0.160 e. The second-order valence-corrected chi connectivity index (χ2v) is 2.98. The minimum atomic E-state index is -0.354. The number of hydrazine groups is 1. The Bertz CT molecular complexity index is 141. The summed E-state index contributed by atoms with van der Waals surface area (Å²) < 4.78 is 0. The summed E-state index contributed by atoms with van der Waals surface area (Å²) >= 11 is 0. The Morgan fingerprint density at radius 3 is 2.38 bits per heavy atom. The minimum Gasteiger partial charge on any atom is -0.396 e. The highest BCUT2D eigenvalue weighted by molar-refractivity contribution is 4.47. The lowest BCUT2D eigenvalue weighted by Gasteiger charge is -2.12. The van der Waals surface area contributed by atoms with E-state index >= 15 is 0 Å². The van der Waals surface area contributed by atoms with Gasteiger partial charge in [-0.3, -0.25) is 0 Å².